The maximum absolute atomic E-state index is 15.1. The number of benzene rings is 1. The summed E-state index contributed by atoms with van der Waals surface area (Å²) >= 11 is 0. The highest BCUT2D eigenvalue weighted by atomic mass is 19.1. The van der Waals surface area contributed by atoms with E-state index in [1.54, 1.807) is 0 Å². The number of aryl methyl sites for hydroxylation is 2. The third kappa shape index (κ3) is 4.16. The number of carbonyl (C=O) groups excluding carboxylic acids is 1. The first-order chi connectivity index (χ1) is 15.3. The van der Waals surface area contributed by atoms with E-state index in [2.05, 4.69) is 25.8 Å². The summed E-state index contributed by atoms with van der Waals surface area (Å²) in [6.07, 6.45) is 2.87. The van der Waals surface area contributed by atoms with Crippen LogP contribution in [0.2, 0.25) is 0 Å². The Kier molecular flexibility index (Phi) is 5.62. The first-order valence-corrected chi connectivity index (χ1v) is 11.7. The van der Waals surface area contributed by atoms with Crippen LogP contribution >= 0.6 is 0 Å². The molecule has 0 aliphatic carbocycles. The molecule has 0 unspecified atom stereocenters. The van der Waals surface area contributed by atoms with Gasteiger partial charge in [-0.25, -0.2) is 14.2 Å². The maximum Gasteiger partial charge on any atom is 0.347 e. The van der Waals surface area contributed by atoms with E-state index in [-0.39, 0.29) is 16.3 Å². The molecule has 4 rings (SSSR count). The zero-order valence-corrected chi connectivity index (χ0v) is 21.0. The standard InChI is InChI=1S/C27H34FN3O2/c1-15-16(2)29-22-18(13-17(14-19(22)28)26(3,4)5)23(15)33-25(32)21-20-11-9-10-12-31(20)30-24(21)27(6,7)8/h13-14H,9-12H2,1-8H3. The van der Waals surface area contributed by atoms with E-state index in [1.807, 2.05) is 45.4 Å². The molecule has 1 aliphatic rings. The van der Waals surface area contributed by atoms with Crippen LogP contribution in [0.1, 0.15) is 93.0 Å². The lowest BCUT2D eigenvalue weighted by atomic mass is 9.86. The molecule has 0 atom stereocenters. The van der Waals surface area contributed by atoms with E-state index in [0.717, 1.165) is 48.3 Å². The summed E-state index contributed by atoms with van der Waals surface area (Å²) in [6, 6.07) is 3.43. The number of aromatic nitrogens is 3. The fourth-order valence-electron chi connectivity index (χ4n) is 4.44. The Bertz CT molecular complexity index is 1260. The molecule has 0 fully saturated rings. The van der Waals surface area contributed by atoms with Crippen LogP contribution in [-0.2, 0) is 23.8 Å². The first kappa shape index (κ1) is 23.4. The highest BCUT2D eigenvalue weighted by Gasteiger charge is 2.33. The second-order valence-electron chi connectivity index (χ2n) is 11.2. The van der Waals surface area contributed by atoms with Crippen molar-refractivity contribution in [1.29, 1.82) is 0 Å². The largest absolute Gasteiger partial charge is 0.422 e. The van der Waals surface area contributed by atoms with Crippen LogP contribution in [0.4, 0.5) is 4.39 Å². The summed E-state index contributed by atoms with van der Waals surface area (Å²) in [4.78, 5) is 18.2. The van der Waals surface area contributed by atoms with Crippen LogP contribution in [0.5, 0.6) is 5.75 Å². The van der Waals surface area contributed by atoms with E-state index in [1.165, 1.54) is 6.07 Å². The number of ether oxygens (including phenoxy) is 1. The average molecular weight is 452 g/mol. The zero-order valence-electron chi connectivity index (χ0n) is 21.0. The number of hydrogen-bond donors (Lipinski definition) is 0. The number of halogens is 1. The van der Waals surface area contributed by atoms with Crippen LogP contribution in [0.3, 0.4) is 0 Å². The van der Waals surface area contributed by atoms with Gasteiger partial charge in [-0.05, 0) is 56.2 Å². The molecule has 3 aromatic rings. The molecular formula is C27H34FN3O2. The van der Waals surface area contributed by atoms with E-state index in [0.29, 0.717) is 22.4 Å². The molecule has 0 bridgehead atoms. The Hall–Kier alpha value is -2.76. The van der Waals surface area contributed by atoms with Gasteiger partial charge in [-0.15, -0.1) is 0 Å². The Morgan fingerprint density at radius 3 is 2.39 bits per heavy atom. The molecule has 0 radical (unpaired) electrons. The molecule has 0 N–H and O–H groups in total. The SMILES string of the molecule is Cc1nc2c(F)cc(C(C)(C)C)cc2c(OC(=O)c2c(C(C)(C)C)nn3c2CCCC3)c1C. The molecule has 1 aliphatic heterocycles. The summed E-state index contributed by atoms with van der Waals surface area (Å²) < 4.78 is 23.2. The number of nitrogens with zero attached hydrogens (tertiary/aromatic N) is 3. The van der Waals surface area contributed by atoms with Crippen LogP contribution in [-0.4, -0.2) is 20.7 Å². The Morgan fingerprint density at radius 1 is 1.06 bits per heavy atom. The summed E-state index contributed by atoms with van der Waals surface area (Å²) in [5.74, 6) is -0.459. The highest BCUT2D eigenvalue weighted by Crippen LogP contribution is 2.37. The predicted octanol–water partition coefficient (Wildman–Crippen LogP) is 6.34. The maximum atomic E-state index is 15.1. The molecule has 0 saturated carbocycles. The normalized spacial score (nSPS) is 14.5. The van der Waals surface area contributed by atoms with Crippen molar-refractivity contribution < 1.29 is 13.9 Å². The zero-order chi connectivity index (χ0) is 24.3. The average Bonchev–Trinajstić information content (AvgIpc) is 3.11. The third-order valence-corrected chi connectivity index (χ3v) is 6.54. The van der Waals surface area contributed by atoms with Gasteiger partial charge < -0.3 is 4.74 Å². The second kappa shape index (κ2) is 7.93. The lowest BCUT2D eigenvalue weighted by molar-refractivity contribution is 0.0731. The van der Waals surface area contributed by atoms with E-state index in [4.69, 9.17) is 9.84 Å². The highest BCUT2D eigenvalue weighted by molar-refractivity contribution is 5.97. The molecular weight excluding hydrogens is 417 g/mol. The minimum atomic E-state index is -0.431. The number of esters is 1. The molecule has 0 amide bonds. The van der Waals surface area contributed by atoms with Gasteiger partial charge in [0.1, 0.15) is 22.6 Å². The summed E-state index contributed by atoms with van der Waals surface area (Å²) in [5, 5.41) is 5.31. The number of hydrogen-bond acceptors (Lipinski definition) is 4. The van der Waals surface area contributed by atoms with Gasteiger partial charge in [0.05, 0.1) is 11.4 Å². The minimum Gasteiger partial charge on any atom is -0.422 e. The van der Waals surface area contributed by atoms with Gasteiger partial charge in [0.25, 0.3) is 0 Å². The van der Waals surface area contributed by atoms with Crippen molar-refractivity contribution in [3.63, 3.8) is 0 Å². The number of pyridine rings is 1. The fourth-order valence-corrected chi connectivity index (χ4v) is 4.44. The minimum absolute atomic E-state index is 0.224. The van der Waals surface area contributed by atoms with Gasteiger partial charge in [0, 0.05) is 28.6 Å². The molecule has 3 heterocycles. The first-order valence-electron chi connectivity index (χ1n) is 11.7. The molecule has 0 spiro atoms. The van der Waals surface area contributed by atoms with Gasteiger partial charge in [-0.1, -0.05) is 41.5 Å². The van der Waals surface area contributed by atoms with Crippen molar-refractivity contribution in [3.8, 4) is 5.75 Å². The molecule has 2 aromatic heterocycles. The van der Waals surface area contributed by atoms with Gasteiger partial charge in [-0.2, -0.15) is 5.10 Å². The van der Waals surface area contributed by atoms with E-state index in [9.17, 15) is 4.79 Å². The molecule has 5 nitrogen and oxygen atoms in total. The Labute approximate surface area is 195 Å². The monoisotopic (exact) mass is 451 g/mol. The Morgan fingerprint density at radius 2 is 1.76 bits per heavy atom. The van der Waals surface area contributed by atoms with Crippen LogP contribution < -0.4 is 4.74 Å². The lowest BCUT2D eigenvalue weighted by Gasteiger charge is -2.22. The van der Waals surface area contributed by atoms with Crippen LogP contribution in [0.25, 0.3) is 10.9 Å². The Balaban J connectivity index is 1.90. The van der Waals surface area contributed by atoms with Crippen molar-refractivity contribution in [2.75, 3.05) is 0 Å². The van der Waals surface area contributed by atoms with Crippen molar-refractivity contribution >= 4 is 16.9 Å². The molecule has 176 valence electrons. The quantitative estimate of drug-likeness (QED) is 0.427. The fraction of sp³-hybridized carbons (Fsp3) is 0.519. The summed E-state index contributed by atoms with van der Waals surface area (Å²) in [6.45, 7) is 16.7. The molecule has 1 aromatic carbocycles. The lowest BCUT2D eigenvalue weighted by Crippen LogP contribution is -2.21. The van der Waals surface area contributed by atoms with E-state index >= 15 is 4.39 Å². The molecule has 6 heteroatoms. The van der Waals surface area contributed by atoms with Crippen molar-refractivity contribution in [3.05, 3.63) is 51.7 Å². The second-order valence-corrected chi connectivity index (χ2v) is 11.2. The van der Waals surface area contributed by atoms with Gasteiger partial charge in [-0.3, -0.25) is 4.68 Å². The molecule has 0 saturated heterocycles. The van der Waals surface area contributed by atoms with Crippen molar-refractivity contribution in [1.82, 2.24) is 14.8 Å². The number of carbonyl (C=O) groups is 1. The van der Waals surface area contributed by atoms with Crippen molar-refractivity contribution in [2.45, 2.75) is 92.0 Å². The topological polar surface area (TPSA) is 57.0 Å². The van der Waals surface area contributed by atoms with Crippen molar-refractivity contribution in [2.24, 2.45) is 0 Å². The van der Waals surface area contributed by atoms with Crippen LogP contribution in [0.15, 0.2) is 12.1 Å². The smallest absolute Gasteiger partial charge is 0.347 e. The van der Waals surface area contributed by atoms with E-state index < -0.39 is 11.8 Å². The molecule has 33 heavy (non-hydrogen) atoms. The van der Waals surface area contributed by atoms with Crippen LogP contribution in [0, 0.1) is 19.7 Å². The number of fused-ring (bicyclic) bond motifs is 2. The third-order valence-electron chi connectivity index (χ3n) is 6.54. The summed E-state index contributed by atoms with van der Waals surface area (Å²) in [7, 11) is 0. The van der Waals surface area contributed by atoms with Gasteiger partial charge in [0.2, 0.25) is 0 Å². The van der Waals surface area contributed by atoms with Gasteiger partial charge in [0.15, 0.2) is 0 Å². The summed E-state index contributed by atoms with van der Waals surface area (Å²) in [5.41, 5.74) is 4.09. The number of rotatable bonds is 2. The van der Waals surface area contributed by atoms with Gasteiger partial charge >= 0.3 is 5.97 Å². The predicted molar refractivity (Wildman–Crippen MR) is 129 cm³/mol.